The van der Waals surface area contributed by atoms with Crippen LogP contribution in [0.25, 0.3) is 0 Å². The van der Waals surface area contributed by atoms with E-state index in [1.165, 1.54) is 17.5 Å². The number of hydrogen-bond donors (Lipinski definition) is 0. The van der Waals surface area contributed by atoms with E-state index in [9.17, 15) is 8.42 Å². The monoisotopic (exact) mass is 581 g/mol. The molecule has 5 atom stereocenters. The molecule has 0 N–H and O–H groups in total. The molecule has 3 aliphatic carbocycles. The van der Waals surface area contributed by atoms with Crippen molar-refractivity contribution in [2.45, 2.75) is 95.5 Å². The van der Waals surface area contributed by atoms with Crippen molar-refractivity contribution in [2.24, 2.45) is 27.6 Å². The smallest absolute Gasteiger partial charge is 0.285 e. The van der Waals surface area contributed by atoms with Gasteiger partial charge in [0.15, 0.2) is 0 Å². The Balaban J connectivity index is 1.44. The van der Waals surface area contributed by atoms with Crippen molar-refractivity contribution < 1.29 is 22.6 Å². The summed E-state index contributed by atoms with van der Waals surface area (Å²) in [5.74, 6) is 3.30. The van der Waals surface area contributed by atoms with Gasteiger partial charge in [0.2, 0.25) is 5.90 Å². The van der Waals surface area contributed by atoms with E-state index >= 15 is 0 Å². The van der Waals surface area contributed by atoms with Crippen LogP contribution in [0.15, 0.2) is 51.8 Å². The molecule has 7 heteroatoms. The molecule has 0 aliphatic heterocycles. The summed E-state index contributed by atoms with van der Waals surface area (Å²) >= 11 is 0. The van der Waals surface area contributed by atoms with Gasteiger partial charge in [0, 0.05) is 12.5 Å². The van der Waals surface area contributed by atoms with Crippen LogP contribution < -0.4 is 4.74 Å². The molecule has 0 spiro atoms. The highest BCUT2D eigenvalue weighted by Crippen LogP contribution is 2.66. The summed E-state index contributed by atoms with van der Waals surface area (Å²) in [6.45, 7) is 9.04. The lowest BCUT2D eigenvalue weighted by Gasteiger charge is -2.54. The molecule has 2 fully saturated rings. The van der Waals surface area contributed by atoms with Gasteiger partial charge in [-0.1, -0.05) is 44.5 Å². The number of rotatable bonds is 9. The van der Waals surface area contributed by atoms with Gasteiger partial charge in [-0.3, -0.25) is 0 Å². The van der Waals surface area contributed by atoms with E-state index in [0.29, 0.717) is 36.7 Å². The summed E-state index contributed by atoms with van der Waals surface area (Å²) in [6, 6.07) is 13.5. The molecule has 0 bridgehead atoms. The van der Waals surface area contributed by atoms with E-state index in [1.54, 1.807) is 38.5 Å². The van der Waals surface area contributed by atoms with Crippen LogP contribution in [0.4, 0.5) is 0 Å². The summed E-state index contributed by atoms with van der Waals surface area (Å²) in [7, 11) is -0.385. The number of methoxy groups -OCH3 is 2. The first kappa shape index (κ1) is 30.1. The van der Waals surface area contributed by atoms with Crippen molar-refractivity contribution in [3.05, 3.63) is 59.2 Å². The van der Waals surface area contributed by atoms with Crippen LogP contribution in [0.2, 0.25) is 0 Å². The molecule has 0 aromatic heterocycles. The van der Waals surface area contributed by atoms with Crippen LogP contribution in [-0.2, 0) is 25.9 Å². The average Bonchev–Trinajstić information content (AvgIpc) is 3.24. The Labute approximate surface area is 246 Å². The number of aryl methyl sites for hydroxylation is 2. The van der Waals surface area contributed by atoms with Crippen LogP contribution in [0.5, 0.6) is 5.75 Å². The Morgan fingerprint density at radius 1 is 1.05 bits per heavy atom. The first-order valence-electron chi connectivity index (χ1n) is 15.3. The molecule has 2 aromatic rings. The molecular weight excluding hydrogens is 534 g/mol. The third kappa shape index (κ3) is 5.69. The molecular formula is C34H47NO5S. The first-order valence-corrected chi connectivity index (χ1v) is 16.7. The topological polar surface area (TPSA) is 74.2 Å². The van der Waals surface area contributed by atoms with E-state index < -0.39 is 15.6 Å². The Kier molecular flexibility index (Phi) is 8.60. The number of nitrogens with zero attached hydrogens (tertiary/aromatic N) is 1. The number of benzene rings is 2. The maximum atomic E-state index is 13.4. The maximum absolute atomic E-state index is 13.4. The molecule has 0 radical (unpaired) electrons. The zero-order valence-corrected chi connectivity index (χ0v) is 26.4. The van der Waals surface area contributed by atoms with Gasteiger partial charge in [-0.15, -0.1) is 4.40 Å². The molecule has 224 valence electrons. The van der Waals surface area contributed by atoms with Gasteiger partial charge in [0.1, 0.15) is 5.75 Å². The second kappa shape index (κ2) is 11.7. The largest absolute Gasteiger partial charge is 0.497 e. The van der Waals surface area contributed by atoms with Crippen molar-refractivity contribution in [3.8, 4) is 5.75 Å². The van der Waals surface area contributed by atoms with Crippen LogP contribution in [-0.4, -0.2) is 40.7 Å². The van der Waals surface area contributed by atoms with Crippen LogP contribution >= 0.6 is 0 Å². The molecule has 6 nitrogen and oxygen atoms in total. The number of ether oxygens (including phenoxy) is 3. The zero-order chi connectivity index (χ0) is 29.4. The van der Waals surface area contributed by atoms with Crippen LogP contribution in [0, 0.1) is 30.1 Å². The van der Waals surface area contributed by atoms with Gasteiger partial charge in [-0.05, 0) is 111 Å². The number of sulfonamides is 1. The van der Waals surface area contributed by atoms with Gasteiger partial charge in [-0.2, -0.15) is 8.42 Å². The molecule has 0 heterocycles. The SMILES string of the molecule is COc1ccc2c(c1)CC[C@@H]1[C@@H]2CC[C@@]2(C)[C@H]1CC[C@]2(CC(=NS(=O)(=O)c1ccc(C)cc1)OCCC(C)C)OC. The van der Waals surface area contributed by atoms with E-state index in [-0.39, 0.29) is 16.2 Å². The second-order valence-corrected chi connectivity index (χ2v) is 14.8. The summed E-state index contributed by atoms with van der Waals surface area (Å²) in [4.78, 5) is 0.188. The summed E-state index contributed by atoms with van der Waals surface area (Å²) < 4.78 is 49.3. The zero-order valence-electron chi connectivity index (χ0n) is 25.6. The average molecular weight is 582 g/mol. The van der Waals surface area contributed by atoms with E-state index in [0.717, 1.165) is 49.8 Å². The third-order valence-corrected chi connectivity index (χ3v) is 11.9. The first-order chi connectivity index (χ1) is 19.5. The summed E-state index contributed by atoms with van der Waals surface area (Å²) in [6.07, 6.45) is 7.51. The maximum Gasteiger partial charge on any atom is 0.285 e. The standard InChI is InChI=1S/C34H47NO5S/c1-23(2)17-20-40-32(35-41(36,37)27-11-7-24(3)8-12-27)22-34(39-6)19-16-31-30-13-9-25-21-26(38-5)10-14-28(25)29(30)15-18-33(31,34)4/h7-8,10-12,14,21,23,29-31H,9,13,15-20,22H2,1-6H3/t29-,30-,31+,33+,34-/m1/s1. The van der Waals surface area contributed by atoms with Gasteiger partial charge in [-0.25, -0.2) is 0 Å². The van der Waals surface area contributed by atoms with Gasteiger partial charge < -0.3 is 14.2 Å². The molecule has 0 amide bonds. The lowest BCUT2D eigenvalue weighted by molar-refractivity contribution is -0.123. The normalized spacial score (nSPS) is 29.5. The Hall–Kier alpha value is -2.38. The molecule has 0 saturated heterocycles. The Bertz CT molecular complexity index is 1370. The molecule has 0 unspecified atom stereocenters. The fraction of sp³-hybridized carbons (Fsp3) is 0.618. The van der Waals surface area contributed by atoms with Crippen LogP contribution in [0.3, 0.4) is 0 Å². The molecule has 41 heavy (non-hydrogen) atoms. The fourth-order valence-electron chi connectivity index (χ4n) is 8.14. The Morgan fingerprint density at radius 2 is 1.80 bits per heavy atom. The van der Waals surface area contributed by atoms with E-state index in [2.05, 4.69) is 43.4 Å². The minimum Gasteiger partial charge on any atom is -0.497 e. The minimum atomic E-state index is -3.91. The fourth-order valence-corrected chi connectivity index (χ4v) is 9.11. The predicted molar refractivity (Wildman–Crippen MR) is 163 cm³/mol. The van der Waals surface area contributed by atoms with Crippen molar-refractivity contribution in [1.29, 1.82) is 0 Å². The van der Waals surface area contributed by atoms with Crippen molar-refractivity contribution in [1.82, 2.24) is 0 Å². The van der Waals surface area contributed by atoms with Crippen molar-refractivity contribution >= 4 is 15.9 Å². The summed E-state index contributed by atoms with van der Waals surface area (Å²) in [5, 5.41) is 0. The lowest BCUT2D eigenvalue weighted by atomic mass is 9.53. The highest BCUT2D eigenvalue weighted by atomic mass is 32.2. The number of hydrogen-bond acceptors (Lipinski definition) is 5. The van der Waals surface area contributed by atoms with E-state index in [4.69, 9.17) is 14.2 Å². The van der Waals surface area contributed by atoms with Gasteiger partial charge >= 0.3 is 0 Å². The molecule has 2 aromatic carbocycles. The molecule has 5 rings (SSSR count). The van der Waals surface area contributed by atoms with E-state index in [1.807, 2.05) is 6.92 Å². The Morgan fingerprint density at radius 3 is 2.49 bits per heavy atom. The minimum absolute atomic E-state index is 0.0946. The molecule has 3 aliphatic rings. The van der Waals surface area contributed by atoms with Crippen molar-refractivity contribution in [2.75, 3.05) is 20.8 Å². The highest BCUT2D eigenvalue weighted by molar-refractivity contribution is 7.90. The van der Waals surface area contributed by atoms with Crippen molar-refractivity contribution in [3.63, 3.8) is 0 Å². The second-order valence-electron chi connectivity index (χ2n) is 13.2. The van der Waals surface area contributed by atoms with Gasteiger partial charge in [0.05, 0.1) is 30.6 Å². The highest BCUT2D eigenvalue weighted by Gasteiger charge is 2.63. The quantitative estimate of drug-likeness (QED) is 0.227. The van der Waals surface area contributed by atoms with Gasteiger partial charge in [0.25, 0.3) is 10.0 Å². The predicted octanol–water partition coefficient (Wildman–Crippen LogP) is 7.49. The number of fused-ring (bicyclic) bond motifs is 5. The lowest BCUT2D eigenvalue weighted by Crippen LogP contribution is -2.53. The summed E-state index contributed by atoms with van der Waals surface area (Å²) in [5.41, 5.74) is 3.30. The third-order valence-electron chi connectivity index (χ3n) is 10.6. The van der Waals surface area contributed by atoms with Crippen LogP contribution in [0.1, 0.15) is 88.3 Å². The molecule has 2 saturated carbocycles.